The van der Waals surface area contributed by atoms with E-state index in [1.165, 1.54) is 4.68 Å². The second-order valence-corrected chi connectivity index (χ2v) is 7.87. The minimum absolute atomic E-state index is 0.212. The molecule has 0 radical (unpaired) electrons. The Morgan fingerprint density at radius 3 is 2.81 bits per heavy atom. The van der Waals surface area contributed by atoms with E-state index in [1.807, 2.05) is 6.07 Å². The fourth-order valence-electron chi connectivity index (χ4n) is 3.58. The third kappa shape index (κ3) is 3.09. The Kier molecular flexibility index (Phi) is 4.45. The molecule has 0 aliphatic heterocycles. The van der Waals surface area contributed by atoms with Crippen molar-refractivity contribution in [3.8, 4) is 62.1 Å². The smallest absolute Gasteiger partial charge is 0.219 e. The number of nitrogens with zero attached hydrogens (tertiary/aromatic N) is 13. The molecule has 0 saturated heterocycles. The summed E-state index contributed by atoms with van der Waals surface area (Å²) in [6, 6.07) is 5.40. The van der Waals surface area contributed by atoms with E-state index in [0.717, 1.165) is 11.5 Å². The van der Waals surface area contributed by atoms with Crippen molar-refractivity contribution in [2.24, 2.45) is 0 Å². The average molecular weight is 498 g/mol. The molecule has 0 amide bonds. The predicted octanol–water partition coefficient (Wildman–Crippen LogP) is 1.19. The molecule has 0 unspecified atom stereocenters. The minimum atomic E-state index is 0.212. The third-order valence-electron chi connectivity index (χ3n) is 5.13. The first kappa shape index (κ1) is 19.9. The second-order valence-electron chi connectivity index (χ2n) is 7.12. The molecule has 17 nitrogen and oxygen atoms in total. The van der Waals surface area contributed by atoms with Crippen LogP contribution in [0.25, 0.3) is 62.1 Å². The average Bonchev–Trinajstić information content (AvgIpc) is 3.74. The highest BCUT2D eigenvalue weighted by Crippen LogP contribution is 2.39. The van der Waals surface area contributed by atoms with E-state index in [1.54, 1.807) is 36.9 Å². The van der Waals surface area contributed by atoms with Crippen molar-refractivity contribution in [3.63, 3.8) is 0 Å². The van der Waals surface area contributed by atoms with Crippen LogP contribution in [0, 0.1) is 0 Å². The van der Waals surface area contributed by atoms with Gasteiger partial charge in [-0.05, 0) is 34.1 Å². The first-order valence-corrected chi connectivity index (χ1v) is 11.0. The zero-order valence-corrected chi connectivity index (χ0v) is 18.5. The molecule has 7 aromatic heterocycles. The monoisotopic (exact) mass is 498 g/mol. The van der Waals surface area contributed by atoms with E-state index in [0.29, 0.717) is 50.7 Å². The molecule has 36 heavy (non-hydrogen) atoms. The fourth-order valence-corrected chi connectivity index (χ4v) is 4.21. The number of hydrogen-bond donors (Lipinski definition) is 3. The van der Waals surface area contributed by atoms with Crippen LogP contribution in [0.2, 0.25) is 0 Å². The van der Waals surface area contributed by atoms with Crippen molar-refractivity contribution >= 4 is 11.5 Å². The van der Waals surface area contributed by atoms with E-state index in [2.05, 4.69) is 76.0 Å². The summed E-state index contributed by atoms with van der Waals surface area (Å²) in [6.07, 6.45) is 6.63. The van der Waals surface area contributed by atoms with Gasteiger partial charge in [0.1, 0.15) is 22.1 Å². The summed E-state index contributed by atoms with van der Waals surface area (Å²) in [4.78, 5) is 12.2. The largest absolute Gasteiger partial charge is 0.345 e. The highest BCUT2D eigenvalue weighted by molar-refractivity contribution is 7.09. The molecular formula is C18H10N16OS. The molecular weight excluding hydrogens is 488 g/mol. The van der Waals surface area contributed by atoms with Gasteiger partial charge in [0.2, 0.25) is 11.6 Å². The van der Waals surface area contributed by atoms with Gasteiger partial charge >= 0.3 is 0 Å². The molecule has 0 aliphatic carbocycles. The number of nitrogens with one attached hydrogen (secondary N) is 3. The van der Waals surface area contributed by atoms with E-state index in [9.17, 15) is 0 Å². The van der Waals surface area contributed by atoms with Crippen molar-refractivity contribution in [1.82, 2.24) is 80.7 Å². The lowest BCUT2D eigenvalue weighted by molar-refractivity contribution is 0.402. The van der Waals surface area contributed by atoms with Gasteiger partial charge in [0.05, 0.1) is 17.5 Å². The van der Waals surface area contributed by atoms with Crippen molar-refractivity contribution < 1.29 is 4.52 Å². The Morgan fingerprint density at radius 1 is 0.944 bits per heavy atom. The number of pyridine rings is 1. The van der Waals surface area contributed by atoms with E-state index in [4.69, 9.17) is 4.52 Å². The molecule has 0 saturated carbocycles. The van der Waals surface area contributed by atoms with Gasteiger partial charge in [-0.2, -0.15) is 25.2 Å². The first-order valence-electron chi connectivity index (χ1n) is 10.2. The molecule has 0 aromatic carbocycles. The lowest BCUT2D eigenvalue weighted by Gasteiger charge is -2.02. The highest BCUT2D eigenvalue weighted by Gasteiger charge is 2.30. The maximum Gasteiger partial charge on any atom is 0.219 e. The lowest BCUT2D eigenvalue weighted by atomic mass is 10.1. The van der Waals surface area contributed by atoms with E-state index in [-0.39, 0.29) is 11.5 Å². The number of H-pyrrole nitrogens is 3. The summed E-state index contributed by atoms with van der Waals surface area (Å²) < 4.78 is 11.1. The summed E-state index contributed by atoms with van der Waals surface area (Å²) >= 11 is 1.08. The Morgan fingerprint density at radius 2 is 1.92 bits per heavy atom. The topological polar surface area (TPSA) is 220 Å². The summed E-state index contributed by atoms with van der Waals surface area (Å²) in [6.45, 7) is 0. The van der Waals surface area contributed by atoms with Crippen molar-refractivity contribution in [3.05, 3.63) is 43.0 Å². The summed E-state index contributed by atoms with van der Waals surface area (Å²) in [7, 11) is 0. The SMILES string of the molecule is c1ccc(-n2nnnc2-c2snnc2-c2onnc2-c2n[nH]nc2-c2[nH]ncc2-c2ncc[nH]2)nc1. The summed E-state index contributed by atoms with van der Waals surface area (Å²) in [5.74, 6) is 1.72. The van der Waals surface area contributed by atoms with Gasteiger partial charge in [-0.1, -0.05) is 10.6 Å². The van der Waals surface area contributed by atoms with Gasteiger partial charge < -0.3 is 9.51 Å². The number of tetrazole rings is 1. The molecule has 0 atom stereocenters. The summed E-state index contributed by atoms with van der Waals surface area (Å²) in [5.41, 5.74) is 2.66. The lowest BCUT2D eigenvalue weighted by Crippen LogP contribution is -2.01. The zero-order chi connectivity index (χ0) is 23.9. The van der Waals surface area contributed by atoms with Gasteiger partial charge in [-0.15, -0.1) is 15.3 Å². The highest BCUT2D eigenvalue weighted by atomic mass is 32.1. The van der Waals surface area contributed by atoms with Crippen LogP contribution < -0.4 is 0 Å². The molecule has 0 aliphatic rings. The Balaban J connectivity index is 1.34. The Labute approximate surface area is 202 Å². The van der Waals surface area contributed by atoms with E-state index >= 15 is 0 Å². The van der Waals surface area contributed by atoms with Gasteiger partial charge in [-0.3, -0.25) is 5.10 Å². The molecule has 7 heterocycles. The zero-order valence-electron chi connectivity index (χ0n) is 17.7. The molecule has 0 fully saturated rings. The molecule has 7 aromatic rings. The van der Waals surface area contributed by atoms with Crippen LogP contribution in [0.1, 0.15) is 0 Å². The number of imidazole rings is 1. The Hall–Kier alpha value is -5.52. The number of hydrogen-bond acceptors (Lipinski definition) is 14. The van der Waals surface area contributed by atoms with Crippen molar-refractivity contribution in [1.29, 1.82) is 0 Å². The number of rotatable bonds is 6. The quantitative estimate of drug-likeness (QED) is 0.293. The van der Waals surface area contributed by atoms with Crippen LogP contribution in [0.3, 0.4) is 0 Å². The van der Waals surface area contributed by atoms with Crippen LogP contribution in [-0.2, 0) is 0 Å². The minimum Gasteiger partial charge on any atom is -0.345 e. The fraction of sp³-hybridized carbons (Fsp3) is 0. The van der Waals surface area contributed by atoms with Gasteiger partial charge in [0.25, 0.3) is 0 Å². The van der Waals surface area contributed by atoms with Crippen molar-refractivity contribution in [2.75, 3.05) is 0 Å². The van der Waals surface area contributed by atoms with Crippen molar-refractivity contribution in [2.45, 2.75) is 0 Å². The maximum atomic E-state index is 5.52. The number of aromatic amines is 3. The molecule has 0 spiro atoms. The van der Waals surface area contributed by atoms with Crippen LogP contribution >= 0.6 is 11.5 Å². The van der Waals surface area contributed by atoms with Gasteiger partial charge in [0.15, 0.2) is 17.2 Å². The first-order chi connectivity index (χ1) is 17.9. The molecule has 7 rings (SSSR count). The van der Waals surface area contributed by atoms with Crippen LogP contribution in [-0.4, -0.2) is 80.7 Å². The molecule has 0 bridgehead atoms. The van der Waals surface area contributed by atoms with Crippen LogP contribution in [0.5, 0.6) is 0 Å². The van der Waals surface area contributed by atoms with Crippen LogP contribution in [0.15, 0.2) is 47.5 Å². The molecule has 3 N–H and O–H groups in total. The van der Waals surface area contributed by atoms with Gasteiger partial charge in [-0.25, -0.2) is 9.97 Å². The van der Waals surface area contributed by atoms with Gasteiger partial charge in [0, 0.05) is 23.9 Å². The molecule has 18 heteroatoms. The standard InChI is InChI=1S/C18H10N16OS/c1-2-4-19-9(3-1)34-18(28-30-31-34)16-14(27-33-36-16)15-13(26-32-35-15)12-11(24-29-25-12)10-8(7-22-23-10)17-20-5-6-21-17/h1-7H,(H,20,21)(H,22,23)(H,24,25,29). The predicted molar refractivity (Wildman–Crippen MR) is 120 cm³/mol. The summed E-state index contributed by atoms with van der Waals surface area (Å²) in [5, 5.41) is 42.4. The maximum absolute atomic E-state index is 5.52. The van der Waals surface area contributed by atoms with Crippen LogP contribution in [0.4, 0.5) is 0 Å². The van der Waals surface area contributed by atoms with E-state index < -0.39 is 0 Å². The third-order valence-corrected chi connectivity index (χ3v) is 5.85. The normalized spacial score (nSPS) is 11.3. The number of aromatic nitrogens is 16. The Bertz CT molecular complexity index is 1760. The molecule has 174 valence electrons. The second kappa shape index (κ2) is 8.06.